The molecule has 0 fully saturated rings. The maximum Gasteiger partial charge on any atom is 0.0159 e. The van der Waals surface area contributed by atoms with E-state index in [9.17, 15) is 0 Å². The van der Waals surface area contributed by atoms with Crippen molar-refractivity contribution in [3.05, 3.63) is 71.3 Å². The predicted octanol–water partition coefficient (Wildman–Crippen LogP) is 6.27. The summed E-state index contributed by atoms with van der Waals surface area (Å²) < 4.78 is 0. The second kappa shape index (κ2) is 4.46. The highest BCUT2D eigenvalue weighted by Crippen LogP contribution is 2.52. The minimum atomic E-state index is 0.0829. The summed E-state index contributed by atoms with van der Waals surface area (Å²) in [6.45, 7) is 9.30. The van der Waals surface area contributed by atoms with E-state index in [2.05, 4.69) is 82.3 Å². The molecule has 0 nitrogen and oxygen atoms in total. The van der Waals surface area contributed by atoms with Crippen molar-refractivity contribution in [1.82, 2.24) is 0 Å². The molecule has 0 aliphatic heterocycles. The van der Waals surface area contributed by atoms with E-state index in [-0.39, 0.29) is 5.41 Å². The highest BCUT2D eigenvalue weighted by molar-refractivity contribution is 5.94. The molecule has 0 radical (unpaired) electrons. The Balaban J connectivity index is 2.13. The van der Waals surface area contributed by atoms with Crippen molar-refractivity contribution in [2.75, 3.05) is 0 Å². The zero-order valence-corrected chi connectivity index (χ0v) is 13.8. The summed E-state index contributed by atoms with van der Waals surface area (Å²) in [7, 11) is 0. The largest absolute Gasteiger partial charge is 0.0616 e. The first-order valence-corrected chi connectivity index (χ1v) is 8.17. The van der Waals surface area contributed by atoms with E-state index in [1.165, 1.54) is 38.6 Å². The Labute approximate surface area is 132 Å². The summed E-state index contributed by atoms with van der Waals surface area (Å²) in [5, 5.41) is 2.68. The average Bonchev–Trinajstić information content (AvgIpc) is 2.73. The third-order valence-electron chi connectivity index (χ3n) is 5.22. The molecule has 0 heteroatoms. The monoisotopic (exact) mass is 286 g/mol. The molecule has 0 atom stereocenters. The average molecular weight is 286 g/mol. The van der Waals surface area contributed by atoms with Crippen LogP contribution in [0.4, 0.5) is 0 Å². The van der Waals surface area contributed by atoms with Crippen LogP contribution in [0.15, 0.2) is 54.6 Å². The number of benzene rings is 3. The van der Waals surface area contributed by atoms with E-state index in [0.717, 1.165) is 0 Å². The van der Waals surface area contributed by atoms with Gasteiger partial charge in [0.15, 0.2) is 0 Å². The molecule has 1 aliphatic carbocycles. The number of hydrogen-bond acceptors (Lipinski definition) is 0. The molecule has 0 unspecified atom stereocenters. The Morgan fingerprint density at radius 2 is 1.45 bits per heavy atom. The summed E-state index contributed by atoms with van der Waals surface area (Å²) in [4.78, 5) is 0. The van der Waals surface area contributed by atoms with Crippen molar-refractivity contribution in [1.29, 1.82) is 0 Å². The topological polar surface area (TPSA) is 0 Å². The minimum absolute atomic E-state index is 0.0829. The minimum Gasteiger partial charge on any atom is -0.0616 e. The summed E-state index contributed by atoms with van der Waals surface area (Å²) in [6, 6.07) is 20.3. The van der Waals surface area contributed by atoms with Gasteiger partial charge >= 0.3 is 0 Å². The molecular weight excluding hydrogens is 264 g/mol. The zero-order chi connectivity index (χ0) is 15.5. The lowest BCUT2D eigenvalue weighted by Gasteiger charge is -2.22. The second-order valence-corrected chi connectivity index (χ2v) is 7.29. The van der Waals surface area contributed by atoms with Crippen LogP contribution in [0, 0.1) is 0 Å². The molecule has 0 N–H and O–H groups in total. The van der Waals surface area contributed by atoms with Crippen molar-refractivity contribution in [2.45, 2.75) is 39.0 Å². The van der Waals surface area contributed by atoms with Crippen molar-refractivity contribution in [2.24, 2.45) is 0 Å². The van der Waals surface area contributed by atoms with Gasteiger partial charge in [-0.05, 0) is 56.6 Å². The van der Waals surface area contributed by atoms with E-state index in [0.29, 0.717) is 5.92 Å². The van der Waals surface area contributed by atoms with Gasteiger partial charge in [-0.3, -0.25) is 0 Å². The number of rotatable bonds is 1. The third kappa shape index (κ3) is 1.70. The molecular formula is C22H22. The highest BCUT2D eigenvalue weighted by atomic mass is 14.4. The van der Waals surface area contributed by atoms with Gasteiger partial charge in [0.2, 0.25) is 0 Å². The molecule has 0 bridgehead atoms. The maximum atomic E-state index is 2.40. The molecule has 3 aromatic rings. The second-order valence-electron chi connectivity index (χ2n) is 7.29. The van der Waals surface area contributed by atoms with Crippen molar-refractivity contribution < 1.29 is 0 Å². The zero-order valence-electron chi connectivity index (χ0n) is 13.8. The van der Waals surface area contributed by atoms with E-state index in [1.807, 2.05) is 0 Å². The molecule has 0 saturated heterocycles. The van der Waals surface area contributed by atoms with Crippen LogP contribution in [-0.4, -0.2) is 0 Å². The quantitative estimate of drug-likeness (QED) is 0.494. The van der Waals surface area contributed by atoms with Crippen molar-refractivity contribution in [3.8, 4) is 11.1 Å². The Morgan fingerprint density at radius 3 is 2.14 bits per heavy atom. The van der Waals surface area contributed by atoms with Gasteiger partial charge in [-0.15, -0.1) is 0 Å². The van der Waals surface area contributed by atoms with Crippen LogP contribution in [0.2, 0.25) is 0 Å². The Morgan fingerprint density at radius 1 is 0.773 bits per heavy atom. The van der Waals surface area contributed by atoms with E-state index in [1.54, 1.807) is 0 Å². The molecule has 3 aromatic carbocycles. The van der Waals surface area contributed by atoms with Gasteiger partial charge < -0.3 is 0 Å². The van der Waals surface area contributed by atoms with Gasteiger partial charge in [-0.2, -0.15) is 0 Å². The Hall–Kier alpha value is -2.08. The first kappa shape index (κ1) is 13.6. The van der Waals surface area contributed by atoms with Crippen LogP contribution in [0.3, 0.4) is 0 Å². The van der Waals surface area contributed by atoms with Crippen LogP contribution in [-0.2, 0) is 5.41 Å². The molecule has 0 heterocycles. The number of hydrogen-bond donors (Lipinski definition) is 0. The molecule has 1 aliphatic rings. The first-order chi connectivity index (χ1) is 10.5. The maximum absolute atomic E-state index is 2.40. The molecule has 0 aromatic heterocycles. The smallest absolute Gasteiger partial charge is 0.0159 e. The van der Waals surface area contributed by atoms with Crippen LogP contribution >= 0.6 is 0 Å². The predicted molar refractivity (Wildman–Crippen MR) is 95.6 cm³/mol. The van der Waals surface area contributed by atoms with Gasteiger partial charge in [-0.25, -0.2) is 0 Å². The van der Waals surface area contributed by atoms with E-state index >= 15 is 0 Å². The van der Waals surface area contributed by atoms with Gasteiger partial charge in [0.05, 0.1) is 0 Å². The molecule has 22 heavy (non-hydrogen) atoms. The van der Waals surface area contributed by atoms with Crippen LogP contribution in [0.25, 0.3) is 21.9 Å². The third-order valence-corrected chi connectivity index (χ3v) is 5.22. The molecule has 4 rings (SSSR count). The lowest BCUT2D eigenvalue weighted by Crippen LogP contribution is -2.15. The van der Waals surface area contributed by atoms with E-state index in [4.69, 9.17) is 0 Å². The molecule has 0 spiro atoms. The lowest BCUT2D eigenvalue weighted by atomic mass is 9.81. The fourth-order valence-corrected chi connectivity index (χ4v) is 3.98. The van der Waals surface area contributed by atoms with Gasteiger partial charge in [-0.1, -0.05) is 70.2 Å². The molecule has 110 valence electrons. The fourth-order valence-electron chi connectivity index (χ4n) is 3.98. The standard InChI is InChI=1S/C22H22/c1-14(2)17-10-7-11-19-21(17)18-12-15-8-5-6-9-16(15)13-20(18)22(19,3)4/h5-14H,1-4H3. The van der Waals surface area contributed by atoms with Crippen LogP contribution in [0.1, 0.15) is 50.3 Å². The van der Waals surface area contributed by atoms with Gasteiger partial charge in [0, 0.05) is 5.41 Å². The van der Waals surface area contributed by atoms with Crippen molar-refractivity contribution >= 4 is 10.8 Å². The van der Waals surface area contributed by atoms with Gasteiger partial charge in [0.25, 0.3) is 0 Å². The van der Waals surface area contributed by atoms with Crippen LogP contribution in [0.5, 0.6) is 0 Å². The SMILES string of the molecule is CC(C)c1cccc2c1-c1cc3ccccc3cc1C2(C)C. The summed E-state index contributed by atoms with van der Waals surface area (Å²) in [6.07, 6.45) is 0. The number of fused-ring (bicyclic) bond motifs is 4. The summed E-state index contributed by atoms with van der Waals surface area (Å²) >= 11 is 0. The Kier molecular flexibility index (Phi) is 2.75. The lowest BCUT2D eigenvalue weighted by molar-refractivity contribution is 0.660. The van der Waals surface area contributed by atoms with Gasteiger partial charge in [0.1, 0.15) is 0 Å². The summed E-state index contributed by atoms with van der Waals surface area (Å²) in [5.41, 5.74) is 7.41. The fraction of sp³-hybridized carbons (Fsp3) is 0.273. The van der Waals surface area contributed by atoms with E-state index < -0.39 is 0 Å². The highest BCUT2D eigenvalue weighted by Gasteiger charge is 2.37. The van der Waals surface area contributed by atoms with Crippen LogP contribution < -0.4 is 0 Å². The van der Waals surface area contributed by atoms with Crippen molar-refractivity contribution in [3.63, 3.8) is 0 Å². The normalized spacial score (nSPS) is 15.1. The first-order valence-electron chi connectivity index (χ1n) is 8.17. The summed E-state index contributed by atoms with van der Waals surface area (Å²) in [5.74, 6) is 0.545. The molecule has 0 saturated carbocycles. The Bertz CT molecular complexity index is 882. The molecule has 0 amide bonds.